The minimum atomic E-state index is -0.677. The number of esters is 1. The standard InChI is InChI=1S/C21H24N2O4/c24-19(23-11-5-8-14-6-2-4-10-18(14)23)13-27-21(26)17-12-15-7-1-3-9-16(15)20(25)22-17/h1,3,7,9,12,14,18H,2,4-6,8,10-11,13H2,(H,22,25)/t14-,18-/m1/s1. The second-order valence-electron chi connectivity index (χ2n) is 7.52. The van der Waals surface area contributed by atoms with Crippen LogP contribution in [0.5, 0.6) is 0 Å². The topological polar surface area (TPSA) is 79.5 Å². The number of rotatable bonds is 3. The number of nitrogens with zero attached hydrogens (tertiary/aromatic N) is 1. The van der Waals surface area contributed by atoms with Gasteiger partial charge in [-0.2, -0.15) is 0 Å². The van der Waals surface area contributed by atoms with Crippen molar-refractivity contribution in [1.29, 1.82) is 0 Å². The summed E-state index contributed by atoms with van der Waals surface area (Å²) in [6, 6.07) is 8.91. The number of ether oxygens (including phenoxy) is 1. The smallest absolute Gasteiger partial charge is 0.355 e. The quantitative estimate of drug-likeness (QED) is 0.845. The summed E-state index contributed by atoms with van der Waals surface area (Å²) >= 11 is 0. The third kappa shape index (κ3) is 3.61. The molecule has 0 unspecified atom stereocenters. The molecule has 1 aromatic carbocycles. The maximum absolute atomic E-state index is 12.6. The number of H-pyrrole nitrogens is 1. The van der Waals surface area contributed by atoms with Crippen molar-refractivity contribution in [1.82, 2.24) is 9.88 Å². The van der Waals surface area contributed by atoms with Crippen LogP contribution in [0.15, 0.2) is 35.1 Å². The zero-order valence-electron chi connectivity index (χ0n) is 15.3. The van der Waals surface area contributed by atoms with Crippen molar-refractivity contribution in [3.05, 3.63) is 46.4 Å². The number of nitrogens with one attached hydrogen (secondary N) is 1. The van der Waals surface area contributed by atoms with E-state index in [0.717, 1.165) is 25.8 Å². The largest absolute Gasteiger partial charge is 0.451 e. The maximum Gasteiger partial charge on any atom is 0.355 e. The third-order valence-corrected chi connectivity index (χ3v) is 5.86. The van der Waals surface area contributed by atoms with E-state index in [0.29, 0.717) is 22.7 Å². The fourth-order valence-electron chi connectivity index (χ4n) is 4.54. The highest BCUT2D eigenvalue weighted by Gasteiger charge is 2.35. The molecule has 1 aliphatic heterocycles. The Morgan fingerprint density at radius 1 is 1.11 bits per heavy atom. The zero-order valence-corrected chi connectivity index (χ0v) is 15.3. The molecule has 1 amide bonds. The first-order chi connectivity index (χ1) is 13.1. The number of likely N-dealkylation sites (tertiary alicyclic amines) is 1. The van der Waals surface area contributed by atoms with Crippen molar-refractivity contribution in [3.8, 4) is 0 Å². The molecule has 2 atom stereocenters. The van der Waals surface area contributed by atoms with Crippen molar-refractivity contribution >= 4 is 22.6 Å². The minimum Gasteiger partial charge on any atom is -0.451 e. The van der Waals surface area contributed by atoms with Gasteiger partial charge >= 0.3 is 5.97 Å². The molecule has 2 fully saturated rings. The molecule has 142 valence electrons. The Bertz CT molecular complexity index is 918. The van der Waals surface area contributed by atoms with Crippen LogP contribution in [0, 0.1) is 5.92 Å². The average Bonchev–Trinajstić information content (AvgIpc) is 2.71. The summed E-state index contributed by atoms with van der Waals surface area (Å²) in [6.07, 6.45) is 6.83. The Kier molecular flexibility index (Phi) is 4.97. The number of carbonyl (C=O) groups excluding carboxylic acids is 2. The Morgan fingerprint density at radius 2 is 1.89 bits per heavy atom. The molecule has 2 aromatic rings. The molecule has 1 N–H and O–H groups in total. The summed E-state index contributed by atoms with van der Waals surface area (Å²) in [6.45, 7) is 0.460. The summed E-state index contributed by atoms with van der Waals surface area (Å²) in [5.41, 5.74) is -0.270. The van der Waals surface area contributed by atoms with Crippen molar-refractivity contribution in [2.45, 2.75) is 44.6 Å². The second-order valence-corrected chi connectivity index (χ2v) is 7.52. The number of amides is 1. The summed E-state index contributed by atoms with van der Waals surface area (Å²) in [7, 11) is 0. The predicted octanol–water partition coefficient (Wildman–Crippen LogP) is 2.87. The molecular formula is C21H24N2O4. The van der Waals surface area contributed by atoms with Gasteiger partial charge in [0.15, 0.2) is 6.61 Å². The van der Waals surface area contributed by atoms with Gasteiger partial charge in [0.05, 0.1) is 0 Å². The molecule has 2 heterocycles. The molecular weight excluding hydrogens is 344 g/mol. The van der Waals surface area contributed by atoms with Crippen LogP contribution in [-0.2, 0) is 9.53 Å². The molecule has 2 aliphatic rings. The first kappa shape index (κ1) is 17.8. The van der Waals surface area contributed by atoms with Gasteiger partial charge in [0, 0.05) is 18.0 Å². The zero-order chi connectivity index (χ0) is 18.8. The Balaban J connectivity index is 1.43. The number of carbonyl (C=O) groups is 2. The van der Waals surface area contributed by atoms with Crippen LogP contribution >= 0.6 is 0 Å². The molecule has 0 spiro atoms. The third-order valence-electron chi connectivity index (χ3n) is 5.86. The molecule has 0 bridgehead atoms. The van der Waals surface area contributed by atoms with Gasteiger partial charge in [0.1, 0.15) is 5.69 Å². The number of hydrogen-bond acceptors (Lipinski definition) is 4. The molecule has 1 saturated carbocycles. The fourth-order valence-corrected chi connectivity index (χ4v) is 4.54. The van der Waals surface area contributed by atoms with E-state index in [1.54, 1.807) is 30.3 Å². The number of aromatic nitrogens is 1. The van der Waals surface area contributed by atoms with Crippen molar-refractivity contribution in [2.75, 3.05) is 13.2 Å². The van der Waals surface area contributed by atoms with E-state index < -0.39 is 5.97 Å². The minimum absolute atomic E-state index is 0.0701. The maximum atomic E-state index is 12.6. The number of benzene rings is 1. The van der Waals surface area contributed by atoms with Crippen LogP contribution in [0.3, 0.4) is 0 Å². The molecule has 27 heavy (non-hydrogen) atoms. The van der Waals surface area contributed by atoms with E-state index in [1.165, 1.54) is 19.3 Å². The average molecular weight is 368 g/mol. The van der Waals surface area contributed by atoms with E-state index >= 15 is 0 Å². The lowest BCUT2D eigenvalue weighted by Gasteiger charge is -2.44. The van der Waals surface area contributed by atoms with Gasteiger partial charge in [0.2, 0.25) is 0 Å². The van der Waals surface area contributed by atoms with Gasteiger partial charge in [0.25, 0.3) is 11.5 Å². The molecule has 4 rings (SSSR count). The lowest BCUT2D eigenvalue weighted by Crippen LogP contribution is -2.50. The van der Waals surface area contributed by atoms with Crippen LogP contribution in [0.25, 0.3) is 10.8 Å². The van der Waals surface area contributed by atoms with Crippen LogP contribution in [-0.4, -0.2) is 41.0 Å². The van der Waals surface area contributed by atoms with Crippen LogP contribution in [0.1, 0.15) is 49.0 Å². The van der Waals surface area contributed by atoms with Gasteiger partial charge < -0.3 is 14.6 Å². The number of aromatic amines is 1. The lowest BCUT2D eigenvalue weighted by atomic mass is 9.78. The highest BCUT2D eigenvalue weighted by atomic mass is 16.5. The second kappa shape index (κ2) is 7.55. The fraction of sp³-hybridized carbons (Fsp3) is 0.476. The molecule has 6 nitrogen and oxygen atoms in total. The normalized spacial score (nSPS) is 22.3. The highest BCUT2D eigenvalue weighted by Crippen LogP contribution is 2.35. The number of hydrogen-bond donors (Lipinski definition) is 1. The van der Waals surface area contributed by atoms with E-state index in [4.69, 9.17) is 4.74 Å². The number of pyridine rings is 1. The Morgan fingerprint density at radius 3 is 2.78 bits per heavy atom. The van der Waals surface area contributed by atoms with E-state index in [1.807, 2.05) is 4.90 Å². The van der Waals surface area contributed by atoms with Crippen LogP contribution in [0.2, 0.25) is 0 Å². The van der Waals surface area contributed by atoms with Gasteiger partial charge in [-0.25, -0.2) is 4.79 Å². The first-order valence-electron chi connectivity index (χ1n) is 9.72. The number of fused-ring (bicyclic) bond motifs is 2. The Hall–Kier alpha value is -2.63. The van der Waals surface area contributed by atoms with E-state index in [-0.39, 0.29) is 23.8 Å². The van der Waals surface area contributed by atoms with Crippen LogP contribution < -0.4 is 5.56 Å². The summed E-state index contributed by atoms with van der Waals surface area (Å²) < 4.78 is 5.23. The summed E-state index contributed by atoms with van der Waals surface area (Å²) in [5.74, 6) is -0.226. The first-order valence-corrected chi connectivity index (χ1v) is 9.72. The van der Waals surface area contributed by atoms with Gasteiger partial charge in [-0.1, -0.05) is 31.0 Å². The summed E-state index contributed by atoms with van der Waals surface area (Å²) in [4.78, 5) is 41.6. The van der Waals surface area contributed by atoms with Crippen LogP contribution in [0.4, 0.5) is 0 Å². The van der Waals surface area contributed by atoms with Crippen molar-refractivity contribution in [2.24, 2.45) is 5.92 Å². The molecule has 1 saturated heterocycles. The predicted molar refractivity (Wildman–Crippen MR) is 102 cm³/mol. The monoisotopic (exact) mass is 368 g/mol. The molecule has 6 heteroatoms. The lowest BCUT2D eigenvalue weighted by molar-refractivity contribution is -0.140. The van der Waals surface area contributed by atoms with Gasteiger partial charge in [-0.15, -0.1) is 0 Å². The molecule has 1 aromatic heterocycles. The van der Waals surface area contributed by atoms with E-state index in [2.05, 4.69) is 4.98 Å². The molecule has 0 radical (unpaired) electrons. The SMILES string of the molecule is O=C(OCC(=O)N1CCC[C@H]2CCCC[C@H]21)c1cc2ccccc2c(=O)[nH]1. The highest BCUT2D eigenvalue weighted by molar-refractivity contribution is 5.94. The summed E-state index contributed by atoms with van der Waals surface area (Å²) in [5, 5.41) is 1.18. The van der Waals surface area contributed by atoms with Gasteiger partial charge in [-0.05, 0) is 49.1 Å². The molecule has 1 aliphatic carbocycles. The van der Waals surface area contributed by atoms with Gasteiger partial charge in [-0.3, -0.25) is 9.59 Å². The Labute approximate surface area is 157 Å². The van der Waals surface area contributed by atoms with Crippen molar-refractivity contribution in [3.63, 3.8) is 0 Å². The van der Waals surface area contributed by atoms with E-state index in [9.17, 15) is 14.4 Å². The van der Waals surface area contributed by atoms with Crippen molar-refractivity contribution < 1.29 is 14.3 Å². The number of piperidine rings is 1.